The number of hydrogen-bond acceptors (Lipinski definition) is 5. The molecule has 2 aromatic rings. The number of esters is 1. The minimum Gasteiger partial charge on any atom is -0.482 e. The summed E-state index contributed by atoms with van der Waals surface area (Å²) in [7, 11) is 0. The van der Waals surface area contributed by atoms with Gasteiger partial charge in [0.05, 0.1) is 17.2 Å². The monoisotopic (exact) mass is 441 g/mol. The van der Waals surface area contributed by atoms with E-state index in [1.165, 1.54) is 11.3 Å². The second-order valence-corrected chi connectivity index (χ2v) is 8.52. The predicted octanol–water partition coefficient (Wildman–Crippen LogP) is 5.69. The lowest BCUT2D eigenvalue weighted by atomic mass is 9.86. The molecule has 0 fully saturated rings. The molecule has 0 aliphatic heterocycles. The Morgan fingerprint density at radius 3 is 2.86 bits per heavy atom. The minimum absolute atomic E-state index is 0.250. The summed E-state index contributed by atoms with van der Waals surface area (Å²) in [6.45, 7) is 3.90. The Balaban J connectivity index is 1.78. The van der Waals surface area contributed by atoms with Gasteiger partial charge in [0.1, 0.15) is 10.8 Å². The number of amides is 1. The number of benzene rings is 1. The third-order valence-corrected chi connectivity index (χ3v) is 6.27. The number of carbonyl (C=O) groups is 2. The van der Waals surface area contributed by atoms with Crippen molar-refractivity contribution in [1.29, 1.82) is 0 Å². The van der Waals surface area contributed by atoms with E-state index in [4.69, 9.17) is 32.7 Å². The van der Waals surface area contributed by atoms with Gasteiger partial charge in [-0.2, -0.15) is 0 Å². The number of rotatable bonds is 6. The Morgan fingerprint density at radius 2 is 2.11 bits per heavy atom. The van der Waals surface area contributed by atoms with Crippen molar-refractivity contribution in [2.45, 2.75) is 39.0 Å². The summed E-state index contributed by atoms with van der Waals surface area (Å²) in [4.78, 5) is 26.1. The zero-order valence-electron chi connectivity index (χ0n) is 15.6. The van der Waals surface area contributed by atoms with Crippen LogP contribution < -0.4 is 10.1 Å². The Kier molecular flexibility index (Phi) is 6.86. The van der Waals surface area contributed by atoms with Crippen molar-refractivity contribution in [2.75, 3.05) is 18.5 Å². The van der Waals surface area contributed by atoms with Crippen LogP contribution >= 0.6 is 34.5 Å². The molecule has 3 rings (SSSR count). The topological polar surface area (TPSA) is 64.6 Å². The molecule has 1 aromatic heterocycles. The van der Waals surface area contributed by atoms with Crippen molar-refractivity contribution in [1.82, 2.24) is 0 Å². The fourth-order valence-corrected chi connectivity index (χ4v) is 5.00. The van der Waals surface area contributed by atoms with Crippen molar-refractivity contribution in [3.8, 4) is 5.75 Å². The zero-order chi connectivity index (χ0) is 20.3. The lowest BCUT2D eigenvalue weighted by molar-refractivity contribution is -0.118. The molecule has 0 saturated heterocycles. The van der Waals surface area contributed by atoms with Crippen LogP contribution in [0.2, 0.25) is 10.0 Å². The number of nitrogens with one attached hydrogen (secondary N) is 1. The maximum Gasteiger partial charge on any atom is 0.341 e. The van der Waals surface area contributed by atoms with Crippen LogP contribution in [0.1, 0.15) is 53.4 Å². The van der Waals surface area contributed by atoms with Crippen LogP contribution in [0.5, 0.6) is 5.75 Å². The molecule has 1 amide bonds. The van der Waals surface area contributed by atoms with E-state index in [1.54, 1.807) is 25.1 Å². The first-order valence-electron chi connectivity index (χ1n) is 9.11. The summed E-state index contributed by atoms with van der Waals surface area (Å²) in [5.74, 6) is -0.198. The summed E-state index contributed by atoms with van der Waals surface area (Å²) in [5.41, 5.74) is 1.48. The Bertz CT molecular complexity index is 897. The summed E-state index contributed by atoms with van der Waals surface area (Å²) in [6.07, 6.45) is 2.99. The van der Waals surface area contributed by atoms with E-state index >= 15 is 0 Å². The Morgan fingerprint density at radius 1 is 1.32 bits per heavy atom. The van der Waals surface area contributed by atoms with Gasteiger partial charge in [-0.05, 0) is 49.8 Å². The van der Waals surface area contributed by atoms with Crippen LogP contribution in [0.3, 0.4) is 0 Å². The van der Waals surface area contributed by atoms with Gasteiger partial charge in [-0.25, -0.2) is 4.79 Å². The van der Waals surface area contributed by atoms with Gasteiger partial charge in [-0.1, -0.05) is 30.1 Å². The highest BCUT2D eigenvalue weighted by atomic mass is 35.5. The van der Waals surface area contributed by atoms with Crippen LogP contribution in [0.4, 0.5) is 5.00 Å². The first-order valence-corrected chi connectivity index (χ1v) is 10.7. The summed E-state index contributed by atoms with van der Waals surface area (Å²) >= 11 is 13.4. The lowest BCUT2D eigenvalue weighted by Gasteiger charge is -2.19. The van der Waals surface area contributed by atoms with Crippen molar-refractivity contribution in [3.63, 3.8) is 0 Å². The van der Waals surface area contributed by atoms with Gasteiger partial charge in [0.2, 0.25) is 0 Å². The molecule has 1 unspecified atom stereocenters. The van der Waals surface area contributed by atoms with Crippen molar-refractivity contribution >= 4 is 51.4 Å². The maximum atomic E-state index is 12.6. The van der Waals surface area contributed by atoms with Crippen LogP contribution in [-0.4, -0.2) is 25.1 Å². The molecule has 1 aliphatic carbocycles. The molecule has 1 atom stereocenters. The molecule has 1 heterocycles. The third-order valence-electron chi connectivity index (χ3n) is 4.54. The molecule has 1 aliphatic rings. The molecule has 1 N–H and O–H groups in total. The molecule has 0 bridgehead atoms. The van der Waals surface area contributed by atoms with Crippen LogP contribution in [-0.2, 0) is 16.0 Å². The van der Waals surface area contributed by atoms with Crippen LogP contribution in [0.15, 0.2) is 18.2 Å². The molecule has 0 spiro atoms. The number of thiophene rings is 1. The maximum absolute atomic E-state index is 12.6. The van der Waals surface area contributed by atoms with E-state index in [0.717, 1.165) is 29.7 Å². The fraction of sp³-hybridized carbons (Fsp3) is 0.400. The molecule has 28 heavy (non-hydrogen) atoms. The first kappa shape index (κ1) is 21.0. The summed E-state index contributed by atoms with van der Waals surface area (Å²) < 4.78 is 10.7. The van der Waals surface area contributed by atoms with Gasteiger partial charge >= 0.3 is 5.97 Å². The quantitative estimate of drug-likeness (QED) is 0.584. The van der Waals surface area contributed by atoms with Crippen LogP contribution in [0, 0.1) is 0 Å². The average Bonchev–Trinajstić information content (AvgIpc) is 3.02. The van der Waals surface area contributed by atoms with Gasteiger partial charge < -0.3 is 14.8 Å². The SMILES string of the molecule is CCOC(=O)c1c(NC(=O)COc2cc(Cl)ccc2Cl)sc2c1C(C)CCC2. The van der Waals surface area contributed by atoms with Gasteiger partial charge in [0.25, 0.3) is 5.91 Å². The molecular weight excluding hydrogens is 421 g/mol. The summed E-state index contributed by atoms with van der Waals surface area (Å²) in [6, 6.07) is 4.79. The van der Waals surface area contributed by atoms with Gasteiger partial charge in [-0.15, -0.1) is 11.3 Å². The largest absolute Gasteiger partial charge is 0.482 e. The number of ether oxygens (including phenoxy) is 2. The molecule has 8 heteroatoms. The second-order valence-electron chi connectivity index (χ2n) is 6.57. The number of halogens is 2. The van der Waals surface area contributed by atoms with E-state index in [-0.39, 0.29) is 25.0 Å². The molecule has 1 aromatic carbocycles. The van der Waals surface area contributed by atoms with Crippen molar-refractivity contribution in [2.24, 2.45) is 0 Å². The summed E-state index contributed by atoms with van der Waals surface area (Å²) in [5, 5.41) is 4.15. The first-order chi connectivity index (χ1) is 13.4. The van der Waals surface area contributed by atoms with Gasteiger partial charge in [-0.3, -0.25) is 4.79 Å². The molecular formula is C20H21Cl2NO4S. The average molecular weight is 442 g/mol. The smallest absolute Gasteiger partial charge is 0.341 e. The highest BCUT2D eigenvalue weighted by molar-refractivity contribution is 7.17. The second kappa shape index (κ2) is 9.16. The molecule has 150 valence electrons. The molecule has 0 radical (unpaired) electrons. The number of aryl methyl sites for hydroxylation is 1. The number of carbonyl (C=O) groups excluding carboxylic acids is 2. The fourth-order valence-electron chi connectivity index (χ4n) is 3.30. The number of hydrogen-bond donors (Lipinski definition) is 1. The Labute approximate surface area is 177 Å². The van der Waals surface area contributed by atoms with E-state index in [1.807, 2.05) is 0 Å². The van der Waals surface area contributed by atoms with Crippen molar-refractivity contribution in [3.05, 3.63) is 44.2 Å². The molecule has 5 nitrogen and oxygen atoms in total. The normalized spacial score (nSPS) is 15.6. The van der Waals surface area contributed by atoms with E-state index in [9.17, 15) is 9.59 Å². The zero-order valence-corrected chi connectivity index (χ0v) is 18.0. The van der Waals surface area contributed by atoms with E-state index < -0.39 is 5.97 Å². The molecule has 0 saturated carbocycles. The van der Waals surface area contributed by atoms with Crippen LogP contribution in [0.25, 0.3) is 0 Å². The Hall–Kier alpha value is -1.76. The minimum atomic E-state index is -0.400. The third kappa shape index (κ3) is 4.62. The van der Waals surface area contributed by atoms with E-state index in [0.29, 0.717) is 26.4 Å². The van der Waals surface area contributed by atoms with E-state index in [2.05, 4.69) is 12.2 Å². The number of fused-ring (bicyclic) bond motifs is 1. The van der Waals surface area contributed by atoms with Gasteiger partial charge in [0, 0.05) is 16.0 Å². The lowest BCUT2D eigenvalue weighted by Crippen LogP contribution is -2.21. The highest BCUT2D eigenvalue weighted by Crippen LogP contribution is 2.43. The standard InChI is InChI=1S/C20H21Cl2NO4S/c1-3-26-20(25)18-17-11(2)5-4-6-15(17)28-19(18)23-16(24)10-27-14-9-12(21)7-8-13(14)22/h7-9,11H,3-6,10H2,1-2H3,(H,23,24). The van der Waals surface area contributed by atoms with Crippen molar-refractivity contribution < 1.29 is 19.1 Å². The number of anilines is 1. The van der Waals surface area contributed by atoms with Gasteiger partial charge in [0.15, 0.2) is 6.61 Å². The predicted molar refractivity (Wildman–Crippen MR) is 112 cm³/mol. The highest BCUT2D eigenvalue weighted by Gasteiger charge is 2.30.